The summed E-state index contributed by atoms with van der Waals surface area (Å²) in [6.07, 6.45) is 3.41. The molecule has 0 saturated carbocycles. The molecule has 5 rings (SSSR count). The average Bonchev–Trinajstić information content (AvgIpc) is 3.27. The Labute approximate surface area is 216 Å². The van der Waals surface area contributed by atoms with E-state index in [1.54, 1.807) is 24.3 Å². The van der Waals surface area contributed by atoms with Gasteiger partial charge in [-0.1, -0.05) is 48.5 Å². The topological polar surface area (TPSA) is 49.8 Å². The number of carboxylic acids is 1. The third-order valence-electron chi connectivity index (χ3n) is 7.28. The van der Waals surface area contributed by atoms with Crippen LogP contribution in [0.5, 0.6) is 5.75 Å². The molecule has 1 atom stereocenters. The van der Waals surface area contributed by atoms with E-state index in [4.69, 9.17) is 4.74 Å². The van der Waals surface area contributed by atoms with E-state index in [9.17, 15) is 14.3 Å². The lowest BCUT2D eigenvalue weighted by atomic mass is 9.87. The van der Waals surface area contributed by atoms with Gasteiger partial charge in [-0.2, -0.15) is 0 Å². The molecule has 0 unspecified atom stereocenters. The van der Waals surface area contributed by atoms with Gasteiger partial charge in [0, 0.05) is 25.2 Å². The summed E-state index contributed by atoms with van der Waals surface area (Å²) in [5.41, 5.74) is 5.30. The van der Waals surface area contributed by atoms with Crippen molar-refractivity contribution in [1.29, 1.82) is 0 Å². The summed E-state index contributed by atoms with van der Waals surface area (Å²) in [5, 5.41) is 9.54. The minimum Gasteiger partial charge on any atom is -0.486 e. The van der Waals surface area contributed by atoms with Crippen molar-refractivity contribution in [1.82, 2.24) is 4.90 Å². The molecule has 1 saturated heterocycles. The summed E-state index contributed by atoms with van der Waals surface area (Å²) in [6, 6.07) is 20.4. The van der Waals surface area contributed by atoms with E-state index in [0.717, 1.165) is 53.6 Å². The Morgan fingerprint density at radius 1 is 1.03 bits per heavy atom. The number of hydrogen-bond acceptors (Lipinski definition) is 3. The van der Waals surface area contributed by atoms with Gasteiger partial charge in [0.2, 0.25) is 0 Å². The summed E-state index contributed by atoms with van der Waals surface area (Å²) < 4.78 is 34.9. The van der Waals surface area contributed by atoms with Crippen LogP contribution in [0.4, 0.5) is 8.78 Å². The average molecular weight is 504 g/mol. The van der Waals surface area contributed by atoms with Crippen molar-refractivity contribution in [3.05, 3.63) is 100 Å². The van der Waals surface area contributed by atoms with Crippen molar-refractivity contribution in [3.8, 4) is 5.75 Å². The summed E-state index contributed by atoms with van der Waals surface area (Å²) in [6.45, 7) is 1.81. The molecular weight excluding hydrogens is 472 g/mol. The third kappa shape index (κ3) is 5.44. The number of benzene rings is 3. The number of likely N-dealkylation sites (tertiary alicyclic amines) is 1. The number of rotatable bonds is 8. The molecule has 192 valence electrons. The number of aryl methyl sites for hydroxylation is 1. The quantitative estimate of drug-likeness (QED) is 0.375. The second kappa shape index (κ2) is 11.3. The molecule has 1 fully saturated rings. The largest absolute Gasteiger partial charge is 0.486 e. The minimum absolute atomic E-state index is 0.147. The molecule has 1 aliphatic heterocycles. The van der Waals surface area contributed by atoms with Gasteiger partial charge < -0.3 is 9.84 Å². The first kappa shape index (κ1) is 25.2. The normalized spacial score (nSPS) is 17.9. The Morgan fingerprint density at radius 3 is 2.65 bits per heavy atom. The summed E-state index contributed by atoms with van der Waals surface area (Å²) in [5.74, 6) is -1.18. The Hall–Kier alpha value is -3.51. The number of nitrogens with zero attached hydrogens (tertiary/aromatic N) is 1. The van der Waals surface area contributed by atoms with E-state index < -0.39 is 11.8 Å². The zero-order chi connectivity index (χ0) is 25.8. The van der Waals surface area contributed by atoms with Crippen molar-refractivity contribution in [2.24, 2.45) is 0 Å². The van der Waals surface area contributed by atoms with E-state index in [-0.39, 0.29) is 24.1 Å². The van der Waals surface area contributed by atoms with Crippen LogP contribution in [0.25, 0.3) is 11.1 Å². The van der Waals surface area contributed by atoms with Gasteiger partial charge in [0.1, 0.15) is 6.10 Å². The summed E-state index contributed by atoms with van der Waals surface area (Å²) in [7, 11) is 0. The molecule has 6 heteroatoms. The molecule has 1 aliphatic carbocycles. The molecule has 1 N–H and O–H groups in total. The molecule has 37 heavy (non-hydrogen) atoms. The van der Waals surface area contributed by atoms with Gasteiger partial charge in [0.25, 0.3) is 0 Å². The van der Waals surface area contributed by atoms with Gasteiger partial charge in [-0.25, -0.2) is 9.18 Å². The van der Waals surface area contributed by atoms with Gasteiger partial charge in [0.15, 0.2) is 11.6 Å². The minimum atomic E-state index is -0.973. The standard InChI is InChI=1S/C31H31F2NO3/c32-16-6-17-34-18-15-24(20-34)37-28-12-5-11-27(30(28)33)29-25(21-7-2-1-3-8-21)10-4-9-22-19-23(31(35)36)13-14-26(22)29/h1-3,5,7-8,11-14,19,24H,4,6,9-10,15-18,20H2,(H,35,36)/t24-/m1/s1. The first-order chi connectivity index (χ1) is 18.0. The van der Waals surface area contributed by atoms with E-state index in [2.05, 4.69) is 4.90 Å². The van der Waals surface area contributed by atoms with Crippen LogP contribution >= 0.6 is 0 Å². The van der Waals surface area contributed by atoms with Crippen molar-refractivity contribution < 1.29 is 23.4 Å². The molecular formula is C31H31F2NO3. The molecule has 4 nitrogen and oxygen atoms in total. The first-order valence-electron chi connectivity index (χ1n) is 12.9. The van der Waals surface area contributed by atoms with Crippen LogP contribution in [0.1, 0.15) is 58.3 Å². The van der Waals surface area contributed by atoms with Gasteiger partial charge in [-0.15, -0.1) is 0 Å². The van der Waals surface area contributed by atoms with Gasteiger partial charge in [-0.3, -0.25) is 9.29 Å². The maximum Gasteiger partial charge on any atom is 0.335 e. The molecule has 3 aromatic rings. The van der Waals surface area contributed by atoms with Gasteiger partial charge >= 0.3 is 5.97 Å². The number of alkyl halides is 1. The number of carbonyl (C=O) groups is 1. The Kier molecular flexibility index (Phi) is 7.65. The Morgan fingerprint density at radius 2 is 1.86 bits per heavy atom. The monoisotopic (exact) mass is 503 g/mol. The van der Waals surface area contributed by atoms with Crippen LogP contribution in [0.15, 0.2) is 66.7 Å². The molecule has 2 aliphatic rings. The van der Waals surface area contributed by atoms with Crippen LogP contribution < -0.4 is 4.74 Å². The third-order valence-corrected chi connectivity index (χ3v) is 7.28. The highest BCUT2D eigenvalue weighted by atomic mass is 19.1. The fourth-order valence-corrected chi connectivity index (χ4v) is 5.51. The number of fused-ring (bicyclic) bond motifs is 1. The Bertz CT molecular complexity index is 1310. The number of carboxylic acid groups (broad SMARTS) is 1. The molecule has 1 heterocycles. The predicted molar refractivity (Wildman–Crippen MR) is 141 cm³/mol. The van der Waals surface area contributed by atoms with Crippen molar-refractivity contribution in [2.45, 2.75) is 38.2 Å². The fourth-order valence-electron chi connectivity index (χ4n) is 5.51. The molecule has 0 amide bonds. The number of allylic oxidation sites excluding steroid dienone is 1. The highest BCUT2D eigenvalue weighted by molar-refractivity contribution is 6.01. The molecule has 0 bridgehead atoms. The maximum atomic E-state index is 16.2. The highest BCUT2D eigenvalue weighted by Crippen LogP contribution is 2.42. The maximum absolute atomic E-state index is 16.2. The smallest absolute Gasteiger partial charge is 0.335 e. The predicted octanol–water partition coefficient (Wildman–Crippen LogP) is 6.63. The van der Waals surface area contributed by atoms with Crippen molar-refractivity contribution in [2.75, 3.05) is 26.3 Å². The molecule has 0 aromatic heterocycles. The van der Waals surface area contributed by atoms with E-state index >= 15 is 4.39 Å². The van der Waals surface area contributed by atoms with E-state index in [1.807, 2.05) is 42.5 Å². The van der Waals surface area contributed by atoms with Gasteiger partial charge in [0.05, 0.1) is 12.2 Å². The van der Waals surface area contributed by atoms with E-state index in [1.165, 1.54) is 0 Å². The molecule has 3 aromatic carbocycles. The SMILES string of the molecule is O=C(O)c1ccc2c(c1)CCCC(c1ccccc1)=C2c1cccc(O[C@@H]2CCN(CCCF)C2)c1F. The second-order valence-corrected chi connectivity index (χ2v) is 9.74. The van der Waals surface area contributed by atoms with Crippen molar-refractivity contribution in [3.63, 3.8) is 0 Å². The lowest BCUT2D eigenvalue weighted by Gasteiger charge is -2.20. The zero-order valence-electron chi connectivity index (χ0n) is 20.8. The van der Waals surface area contributed by atoms with Crippen LogP contribution in [-0.2, 0) is 6.42 Å². The number of hydrogen-bond donors (Lipinski definition) is 1. The van der Waals surface area contributed by atoms with Crippen LogP contribution in [0.2, 0.25) is 0 Å². The van der Waals surface area contributed by atoms with Crippen LogP contribution in [0.3, 0.4) is 0 Å². The Balaban J connectivity index is 1.57. The van der Waals surface area contributed by atoms with Crippen LogP contribution in [-0.4, -0.2) is 48.4 Å². The van der Waals surface area contributed by atoms with Crippen molar-refractivity contribution >= 4 is 17.1 Å². The van der Waals surface area contributed by atoms with E-state index in [0.29, 0.717) is 31.5 Å². The number of ether oxygens (including phenoxy) is 1. The molecule has 0 radical (unpaired) electrons. The molecule has 0 spiro atoms. The number of halogens is 2. The lowest BCUT2D eigenvalue weighted by Crippen LogP contribution is -2.26. The summed E-state index contributed by atoms with van der Waals surface area (Å²) >= 11 is 0. The number of aromatic carboxylic acids is 1. The summed E-state index contributed by atoms with van der Waals surface area (Å²) in [4.78, 5) is 13.8. The van der Waals surface area contributed by atoms with Crippen LogP contribution in [0, 0.1) is 5.82 Å². The second-order valence-electron chi connectivity index (χ2n) is 9.74. The highest BCUT2D eigenvalue weighted by Gasteiger charge is 2.27. The lowest BCUT2D eigenvalue weighted by molar-refractivity contribution is 0.0696. The fraction of sp³-hybridized carbons (Fsp3) is 0.323. The zero-order valence-corrected chi connectivity index (χ0v) is 20.8. The first-order valence-corrected chi connectivity index (χ1v) is 12.9. The van der Waals surface area contributed by atoms with Gasteiger partial charge in [-0.05, 0) is 78.1 Å².